The van der Waals surface area contributed by atoms with Crippen LogP contribution in [0.5, 0.6) is 0 Å². The third-order valence-electron chi connectivity index (χ3n) is 3.50. The lowest BCUT2D eigenvalue weighted by molar-refractivity contribution is 0.282. The Balaban J connectivity index is 1.86. The molecule has 1 aliphatic heterocycles. The van der Waals surface area contributed by atoms with Gasteiger partial charge in [-0.1, -0.05) is 11.6 Å². The van der Waals surface area contributed by atoms with Gasteiger partial charge in [-0.25, -0.2) is 9.97 Å². The number of thioether (sulfide) groups is 1. The molecule has 1 aromatic carbocycles. The Bertz CT molecular complexity index is 582. The average Bonchev–Trinajstić information content (AvgIpc) is 2.42. The summed E-state index contributed by atoms with van der Waals surface area (Å²) in [5.74, 6) is 0. The van der Waals surface area contributed by atoms with Gasteiger partial charge in [-0.3, -0.25) is 0 Å². The van der Waals surface area contributed by atoms with Crippen molar-refractivity contribution in [1.82, 2.24) is 14.9 Å². The van der Waals surface area contributed by atoms with Gasteiger partial charge in [0.1, 0.15) is 11.4 Å². The highest BCUT2D eigenvalue weighted by molar-refractivity contribution is 8.00. The van der Waals surface area contributed by atoms with Crippen molar-refractivity contribution in [2.24, 2.45) is 0 Å². The molecule has 3 rings (SSSR count). The highest BCUT2D eigenvalue weighted by Crippen LogP contribution is 2.33. The van der Waals surface area contributed by atoms with E-state index in [9.17, 15) is 0 Å². The van der Waals surface area contributed by atoms with E-state index in [1.807, 2.05) is 30.0 Å². The topological polar surface area (TPSA) is 29.0 Å². The molecule has 0 radical (unpaired) electrons. The number of piperidine rings is 1. The Labute approximate surface area is 122 Å². The van der Waals surface area contributed by atoms with Crippen LogP contribution in [-0.4, -0.2) is 40.3 Å². The molecule has 1 fully saturated rings. The van der Waals surface area contributed by atoms with E-state index in [0.717, 1.165) is 21.0 Å². The van der Waals surface area contributed by atoms with Gasteiger partial charge < -0.3 is 4.90 Å². The maximum atomic E-state index is 6.08. The zero-order valence-electron chi connectivity index (χ0n) is 10.8. The van der Waals surface area contributed by atoms with Gasteiger partial charge in [-0.15, -0.1) is 11.8 Å². The molecule has 0 bridgehead atoms. The summed E-state index contributed by atoms with van der Waals surface area (Å²) in [7, 11) is 2.18. The number of aromatic nitrogens is 2. The minimum atomic E-state index is 0.647. The number of rotatable bonds is 2. The van der Waals surface area contributed by atoms with E-state index >= 15 is 0 Å². The number of benzene rings is 1. The van der Waals surface area contributed by atoms with Crippen LogP contribution in [-0.2, 0) is 0 Å². The van der Waals surface area contributed by atoms with Crippen LogP contribution >= 0.6 is 23.4 Å². The normalized spacial score (nSPS) is 18.0. The standard InChI is InChI=1S/C14H16ClN3S/c1-18-6-4-11(5-7-18)19-14-12-8-10(15)2-3-13(12)16-9-17-14/h2-3,8-9,11H,4-7H2,1H3. The molecule has 2 aromatic rings. The fraction of sp³-hybridized carbons (Fsp3) is 0.429. The van der Waals surface area contributed by atoms with Crippen molar-refractivity contribution in [3.63, 3.8) is 0 Å². The van der Waals surface area contributed by atoms with Crippen molar-refractivity contribution < 1.29 is 0 Å². The molecule has 1 saturated heterocycles. The van der Waals surface area contributed by atoms with Crippen LogP contribution in [0.2, 0.25) is 5.02 Å². The van der Waals surface area contributed by atoms with Crippen LogP contribution in [0.25, 0.3) is 10.9 Å². The number of nitrogens with zero attached hydrogens (tertiary/aromatic N) is 3. The predicted octanol–water partition coefficient (Wildman–Crippen LogP) is 3.47. The van der Waals surface area contributed by atoms with Crippen LogP contribution in [0.4, 0.5) is 0 Å². The lowest BCUT2D eigenvalue weighted by Crippen LogP contribution is -2.31. The van der Waals surface area contributed by atoms with E-state index in [0.29, 0.717) is 5.25 Å². The van der Waals surface area contributed by atoms with Crippen molar-refractivity contribution >= 4 is 34.3 Å². The van der Waals surface area contributed by atoms with Gasteiger partial charge in [-0.2, -0.15) is 0 Å². The summed E-state index contributed by atoms with van der Waals surface area (Å²) in [5.41, 5.74) is 0.967. The first-order chi connectivity index (χ1) is 9.22. The van der Waals surface area contributed by atoms with Gasteiger partial charge in [0.2, 0.25) is 0 Å². The number of likely N-dealkylation sites (tertiary alicyclic amines) is 1. The van der Waals surface area contributed by atoms with Gasteiger partial charge in [0.15, 0.2) is 0 Å². The first kappa shape index (κ1) is 13.2. The van der Waals surface area contributed by atoms with E-state index < -0.39 is 0 Å². The Kier molecular flexibility index (Phi) is 3.91. The highest BCUT2D eigenvalue weighted by atomic mass is 35.5. The second-order valence-corrected chi connectivity index (χ2v) is 6.69. The second kappa shape index (κ2) is 5.65. The molecule has 0 amide bonds. The zero-order valence-corrected chi connectivity index (χ0v) is 12.4. The molecule has 0 unspecified atom stereocenters. The summed E-state index contributed by atoms with van der Waals surface area (Å²) in [5, 5.41) is 3.52. The number of hydrogen-bond donors (Lipinski definition) is 0. The van der Waals surface area contributed by atoms with E-state index in [4.69, 9.17) is 11.6 Å². The summed E-state index contributed by atoms with van der Waals surface area (Å²) in [6.45, 7) is 2.34. The van der Waals surface area contributed by atoms with Gasteiger partial charge in [0.25, 0.3) is 0 Å². The lowest BCUT2D eigenvalue weighted by atomic mass is 10.1. The largest absolute Gasteiger partial charge is 0.306 e. The summed E-state index contributed by atoms with van der Waals surface area (Å²) in [6.07, 6.45) is 4.08. The van der Waals surface area contributed by atoms with E-state index in [2.05, 4.69) is 21.9 Å². The van der Waals surface area contributed by atoms with E-state index in [1.54, 1.807) is 6.33 Å². The molecule has 5 heteroatoms. The first-order valence-electron chi connectivity index (χ1n) is 6.48. The van der Waals surface area contributed by atoms with Gasteiger partial charge in [0, 0.05) is 15.7 Å². The number of hydrogen-bond acceptors (Lipinski definition) is 4. The molecule has 1 aliphatic rings. The summed E-state index contributed by atoms with van der Waals surface area (Å²) < 4.78 is 0. The Hall–Kier alpha value is -0.840. The third-order valence-corrected chi connectivity index (χ3v) is 5.09. The van der Waals surface area contributed by atoms with Gasteiger partial charge in [-0.05, 0) is 51.2 Å². The van der Waals surface area contributed by atoms with Crippen LogP contribution in [0, 0.1) is 0 Å². The van der Waals surface area contributed by atoms with Crippen LogP contribution in [0.15, 0.2) is 29.6 Å². The van der Waals surface area contributed by atoms with E-state index in [1.165, 1.54) is 25.9 Å². The molecule has 2 heterocycles. The van der Waals surface area contributed by atoms with Gasteiger partial charge >= 0.3 is 0 Å². The second-order valence-electron chi connectivity index (χ2n) is 4.96. The first-order valence-corrected chi connectivity index (χ1v) is 7.73. The van der Waals surface area contributed by atoms with Crippen molar-refractivity contribution in [3.05, 3.63) is 29.5 Å². The smallest absolute Gasteiger partial charge is 0.117 e. The van der Waals surface area contributed by atoms with Crippen molar-refractivity contribution in [2.75, 3.05) is 20.1 Å². The average molecular weight is 294 g/mol. The fourth-order valence-corrected chi connectivity index (χ4v) is 3.69. The minimum absolute atomic E-state index is 0.647. The molecule has 0 spiro atoms. The Morgan fingerprint density at radius 3 is 2.84 bits per heavy atom. The molecule has 0 aliphatic carbocycles. The van der Waals surface area contributed by atoms with Gasteiger partial charge in [0.05, 0.1) is 5.52 Å². The fourth-order valence-electron chi connectivity index (χ4n) is 2.36. The van der Waals surface area contributed by atoms with Crippen LogP contribution < -0.4 is 0 Å². The molecular weight excluding hydrogens is 278 g/mol. The molecule has 3 nitrogen and oxygen atoms in total. The molecule has 100 valence electrons. The monoisotopic (exact) mass is 293 g/mol. The Morgan fingerprint density at radius 1 is 1.26 bits per heavy atom. The molecule has 0 N–H and O–H groups in total. The highest BCUT2D eigenvalue weighted by Gasteiger charge is 2.19. The molecule has 19 heavy (non-hydrogen) atoms. The molecule has 0 atom stereocenters. The maximum Gasteiger partial charge on any atom is 0.117 e. The number of halogens is 1. The summed E-state index contributed by atoms with van der Waals surface area (Å²) >= 11 is 7.95. The van der Waals surface area contributed by atoms with Crippen LogP contribution in [0.1, 0.15) is 12.8 Å². The van der Waals surface area contributed by atoms with Crippen molar-refractivity contribution in [1.29, 1.82) is 0 Å². The SMILES string of the molecule is CN1CCC(Sc2ncnc3ccc(Cl)cc23)CC1. The third kappa shape index (κ3) is 3.02. The molecule has 0 saturated carbocycles. The Morgan fingerprint density at radius 2 is 2.05 bits per heavy atom. The number of fused-ring (bicyclic) bond motifs is 1. The van der Waals surface area contributed by atoms with Crippen molar-refractivity contribution in [3.8, 4) is 0 Å². The summed E-state index contributed by atoms with van der Waals surface area (Å²) in [6, 6.07) is 5.80. The molecule has 1 aromatic heterocycles. The van der Waals surface area contributed by atoms with Crippen molar-refractivity contribution in [2.45, 2.75) is 23.1 Å². The maximum absolute atomic E-state index is 6.08. The lowest BCUT2D eigenvalue weighted by Gasteiger charge is -2.28. The minimum Gasteiger partial charge on any atom is -0.306 e. The quantitative estimate of drug-likeness (QED) is 0.793. The predicted molar refractivity (Wildman–Crippen MR) is 80.9 cm³/mol. The zero-order chi connectivity index (χ0) is 13.2. The van der Waals surface area contributed by atoms with Crippen LogP contribution in [0.3, 0.4) is 0 Å². The summed E-state index contributed by atoms with van der Waals surface area (Å²) in [4.78, 5) is 11.1. The molecular formula is C14H16ClN3S. The van der Waals surface area contributed by atoms with E-state index in [-0.39, 0.29) is 0 Å².